The highest BCUT2D eigenvalue weighted by molar-refractivity contribution is 5.87. The minimum atomic E-state index is -0.122. The van der Waals surface area contributed by atoms with E-state index in [4.69, 9.17) is 4.74 Å². The van der Waals surface area contributed by atoms with Crippen molar-refractivity contribution in [1.82, 2.24) is 0 Å². The van der Waals surface area contributed by atoms with Gasteiger partial charge in [0, 0.05) is 11.0 Å². The van der Waals surface area contributed by atoms with E-state index in [9.17, 15) is 4.79 Å². The number of carbonyl (C=O) groups is 1. The van der Waals surface area contributed by atoms with Crippen LogP contribution < -0.4 is 0 Å². The molecule has 5 rings (SSSR count). The Morgan fingerprint density at radius 2 is 1.62 bits per heavy atom. The topological polar surface area (TPSA) is 26.3 Å². The quantitative estimate of drug-likeness (QED) is 0.211. The van der Waals surface area contributed by atoms with Crippen molar-refractivity contribution < 1.29 is 9.53 Å². The molecule has 37 heavy (non-hydrogen) atoms. The SMILES string of the molecule is C/C=C(/C)C(=O)O[C@H]1CC[C@]2(C)[C@H]3CC=C4[C@@H]5[C@@H](C)[C@H](C)CC[C@]5(C)CC[C@@]4(C)[C@]3(C)CC[C@H]2C1(C)C. The second-order valence-corrected chi connectivity index (χ2v) is 16.0. The first-order chi connectivity index (χ1) is 17.2. The molecule has 0 heterocycles. The molecule has 0 aromatic carbocycles. The summed E-state index contributed by atoms with van der Waals surface area (Å²) in [6.45, 7) is 24.4. The molecule has 0 aromatic heterocycles. The first-order valence-corrected chi connectivity index (χ1v) is 15.7. The summed E-state index contributed by atoms with van der Waals surface area (Å²) in [5, 5.41) is 0. The van der Waals surface area contributed by atoms with Gasteiger partial charge < -0.3 is 4.74 Å². The minimum absolute atomic E-state index is 0.00135. The molecule has 0 spiro atoms. The van der Waals surface area contributed by atoms with Gasteiger partial charge in [0.25, 0.3) is 0 Å². The molecule has 5 aliphatic rings. The van der Waals surface area contributed by atoms with Gasteiger partial charge in [-0.3, -0.25) is 0 Å². The van der Waals surface area contributed by atoms with Crippen LogP contribution in [0.25, 0.3) is 0 Å². The minimum Gasteiger partial charge on any atom is -0.458 e. The van der Waals surface area contributed by atoms with Gasteiger partial charge in [-0.05, 0) is 123 Å². The molecule has 0 unspecified atom stereocenters. The summed E-state index contributed by atoms with van der Waals surface area (Å²) in [5.74, 6) is 3.58. The second-order valence-electron chi connectivity index (χ2n) is 16.0. The first-order valence-electron chi connectivity index (χ1n) is 15.7. The number of hydrogen-bond acceptors (Lipinski definition) is 2. The lowest BCUT2D eigenvalue weighted by atomic mass is 9.33. The van der Waals surface area contributed by atoms with Crippen LogP contribution in [0.5, 0.6) is 0 Å². The lowest BCUT2D eigenvalue weighted by Crippen LogP contribution is -2.65. The molecule has 4 saturated carbocycles. The van der Waals surface area contributed by atoms with Crippen molar-refractivity contribution in [3.8, 4) is 0 Å². The Morgan fingerprint density at radius 1 is 0.919 bits per heavy atom. The summed E-state index contributed by atoms with van der Waals surface area (Å²) >= 11 is 0. The fraction of sp³-hybridized carbons (Fsp3) is 0.857. The molecule has 5 aliphatic carbocycles. The predicted molar refractivity (Wildman–Crippen MR) is 154 cm³/mol. The van der Waals surface area contributed by atoms with Gasteiger partial charge in [-0.2, -0.15) is 0 Å². The Bertz CT molecular complexity index is 1000. The van der Waals surface area contributed by atoms with E-state index >= 15 is 0 Å². The summed E-state index contributed by atoms with van der Waals surface area (Å²) in [6.07, 6.45) is 16.3. The van der Waals surface area contributed by atoms with Crippen LogP contribution in [0.2, 0.25) is 0 Å². The maximum Gasteiger partial charge on any atom is 0.333 e. The fourth-order valence-electron chi connectivity index (χ4n) is 11.4. The van der Waals surface area contributed by atoms with Crippen LogP contribution in [0.3, 0.4) is 0 Å². The van der Waals surface area contributed by atoms with Crippen LogP contribution in [0.1, 0.15) is 127 Å². The normalized spacial score (nSPS) is 51.1. The highest BCUT2D eigenvalue weighted by atomic mass is 16.5. The molecule has 0 N–H and O–H groups in total. The van der Waals surface area contributed by atoms with Crippen LogP contribution in [-0.2, 0) is 9.53 Å². The standard InChI is InChI=1S/C35H56O2/c1-11-22(2)30(36)37-28-16-18-33(8)26(31(28,5)6)15-19-35(10)27(33)13-12-25-29-24(4)23(3)14-17-32(29,7)20-21-34(25,35)9/h11-12,23-24,26-29H,13-21H2,1-10H3/b22-11-/t23-,24+,26+,27-,28+,29+,32-,33+,34-,35-/m1/s1. The van der Waals surface area contributed by atoms with E-state index in [1.807, 2.05) is 25.5 Å². The molecular weight excluding hydrogens is 452 g/mol. The average Bonchev–Trinajstić information content (AvgIpc) is 2.83. The van der Waals surface area contributed by atoms with E-state index in [2.05, 4.69) is 61.5 Å². The van der Waals surface area contributed by atoms with Crippen molar-refractivity contribution in [3.05, 3.63) is 23.3 Å². The molecule has 4 fully saturated rings. The van der Waals surface area contributed by atoms with Crippen molar-refractivity contribution in [3.63, 3.8) is 0 Å². The molecule has 0 bridgehead atoms. The van der Waals surface area contributed by atoms with Gasteiger partial charge in [0.15, 0.2) is 0 Å². The Hall–Kier alpha value is -1.05. The van der Waals surface area contributed by atoms with Crippen molar-refractivity contribution >= 4 is 5.97 Å². The lowest BCUT2D eigenvalue weighted by molar-refractivity contribution is -0.211. The third-order valence-electron chi connectivity index (χ3n) is 14.3. The van der Waals surface area contributed by atoms with Gasteiger partial charge >= 0.3 is 5.97 Å². The molecule has 2 heteroatoms. The van der Waals surface area contributed by atoms with E-state index in [1.165, 1.54) is 51.4 Å². The number of fused-ring (bicyclic) bond motifs is 7. The number of ether oxygens (including phenoxy) is 1. The van der Waals surface area contributed by atoms with Crippen LogP contribution in [0, 0.1) is 56.7 Å². The zero-order valence-electron chi connectivity index (χ0n) is 25.8. The average molecular weight is 509 g/mol. The van der Waals surface area contributed by atoms with Gasteiger partial charge in [0.2, 0.25) is 0 Å². The van der Waals surface area contributed by atoms with Gasteiger partial charge in [-0.25, -0.2) is 4.79 Å². The summed E-state index contributed by atoms with van der Waals surface area (Å²) in [4.78, 5) is 12.7. The van der Waals surface area contributed by atoms with Crippen molar-refractivity contribution in [2.75, 3.05) is 0 Å². The second kappa shape index (κ2) is 8.72. The fourth-order valence-corrected chi connectivity index (χ4v) is 11.4. The first kappa shape index (κ1) is 27.5. The van der Waals surface area contributed by atoms with Gasteiger partial charge in [0.1, 0.15) is 6.10 Å². The highest BCUT2D eigenvalue weighted by Gasteiger charge is 2.68. The monoisotopic (exact) mass is 508 g/mol. The smallest absolute Gasteiger partial charge is 0.333 e. The highest BCUT2D eigenvalue weighted by Crippen LogP contribution is 2.75. The third kappa shape index (κ3) is 3.65. The number of allylic oxidation sites excluding steroid dienone is 3. The van der Waals surface area contributed by atoms with Crippen LogP contribution >= 0.6 is 0 Å². The number of hydrogen-bond donors (Lipinski definition) is 0. The number of rotatable bonds is 2. The molecule has 2 nitrogen and oxygen atoms in total. The summed E-state index contributed by atoms with van der Waals surface area (Å²) in [7, 11) is 0. The molecular formula is C35H56O2. The van der Waals surface area contributed by atoms with Crippen LogP contribution in [0.4, 0.5) is 0 Å². The zero-order chi connectivity index (χ0) is 27.2. The van der Waals surface area contributed by atoms with Crippen LogP contribution in [-0.4, -0.2) is 12.1 Å². The van der Waals surface area contributed by atoms with E-state index < -0.39 is 0 Å². The van der Waals surface area contributed by atoms with E-state index in [-0.39, 0.29) is 17.5 Å². The van der Waals surface area contributed by atoms with Crippen molar-refractivity contribution in [1.29, 1.82) is 0 Å². The largest absolute Gasteiger partial charge is 0.458 e. The Labute approximate surface area is 228 Å². The van der Waals surface area contributed by atoms with E-state index in [0.717, 1.165) is 29.7 Å². The lowest BCUT2D eigenvalue weighted by Gasteiger charge is -2.71. The molecule has 0 aliphatic heterocycles. The molecule has 208 valence electrons. The Balaban J connectivity index is 1.49. The molecule has 0 amide bonds. The van der Waals surface area contributed by atoms with Gasteiger partial charge in [0.05, 0.1) is 0 Å². The molecule has 0 aromatic rings. The van der Waals surface area contributed by atoms with Crippen LogP contribution in [0.15, 0.2) is 23.3 Å². The summed E-state index contributed by atoms with van der Waals surface area (Å²) < 4.78 is 6.19. The van der Waals surface area contributed by atoms with E-state index in [0.29, 0.717) is 33.5 Å². The third-order valence-corrected chi connectivity index (χ3v) is 14.3. The Morgan fingerprint density at radius 3 is 2.30 bits per heavy atom. The molecule has 10 atom stereocenters. The van der Waals surface area contributed by atoms with Crippen molar-refractivity contribution in [2.24, 2.45) is 56.7 Å². The van der Waals surface area contributed by atoms with Gasteiger partial charge in [-0.1, -0.05) is 73.1 Å². The van der Waals surface area contributed by atoms with E-state index in [1.54, 1.807) is 0 Å². The predicted octanol–water partition coefficient (Wildman–Crippen LogP) is 9.54. The maximum atomic E-state index is 12.7. The summed E-state index contributed by atoms with van der Waals surface area (Å²) in [5.41, 5.74) is 4.06. The zero-order valence-corrected chi connectivity index (χ0v) is 25.8. The number of esters is 1. The summed E-state index contributed by atoms with van der Waals surface area (Å²) in [6, 6.07) is 0. The molecule has 0 radical (unpaired) electrons. The number of carbonyl (C=O) groups excluding carboxylic acids is 1. The van der Waals surface area contributed by atoms with Gasteiger partial charge in [-0.15, -0.1) is 0 Å². The maximum absolute atomic E-state index is 12.7. The van der Waals surface area contributed by atoms with Crippen molar-refractivity contribution in [2.45, 2.75) is 133 Å². The Kier molecular flexibility index (Phi) is 6.49. The molecule has 0 saturated heterocycles.